The second-order valence-electron chi connectivity index (χ2n) is 4.07. The van der Waals surface area contributed by atoms with Gasteiger partial charge in [-0.3, -0.25) is 4.79 Å². The maximum Gasteiger partial charge on any atom is 0.411 e. The first-order valence-corrected chi connectivity index (χ1v) is 6.33. The largest absolute Gasteiger partial charge is 0.411 e. The van der Waals surface area contributed by atoms with Crippen LogP contribution >= 0.6 is 23.2 Å². The van der Waals surface area contributed by atoms with E-state index in [1.54, 1.807) is 25.1 Å². The van der Waals surface area contributed by atoms with Crippen LogP contribution in [0.25, 0.3) is 0 Å². The molecule has 0 radical (unpaired) electrons. The third-order valence-electron chi connectivity index (χ3n) is 2.32. The number of amides is 1. The topological polar surface area (TPSA) is 38.3 Å². The van der Waals surface area contributed by atoms with Crippen LogP contribution < -0.4 is 5.32 Å². The van der Waals surface area contributed by atoms with Gasteiger partial charge in [-0.05, 0) is 24.6 Å². The van der Waals surface area contributed by atoms with Crippen molar-refractivity contribution in [1.82, 2.24) is 5.32 Å². The SMILES string of the molecule is CC(NC(=O)COCC(F)(F)F)c1ccc(Cl)c(Cl)c1. The first-order chi connectivity index (χ1) is 9.19. The number of nitrogens with one attached hydrogen (secondary N) is 1. The van der Waals surface area contributed by atoms with Crippen LogP contribution in [0.2, 0.25) is 10.0 Å². The average Bonchev–Trinajstić information content (AvgIpc) is 2.30. The van der Waals surface area contributed by atoms with Crippen molar-refractivity contribution < 1.29 is 22.7 Å². The molecule has 0 spiro atoms. The maximum absolute atomic E-state index is 11.8. The Kier molecular flexibility index (Phi) is 6.10. The molecule has 0 fully saturated rings. The molecule has 1 rings (SSSR count). The zero-order valence-corrected chi connectivity index (χ0v) is 11.9. The van der Waals surface area contributed by atoms with E-state index in [0.717, 1.165) is 0 Å². The van der Waals surface area contributed by atoms with Crippen molar-refractivity contribution in [3.8, 4) is 0 Å². The highest BCUT2D eigenvalue weighted by molar-refractivity contribution is 6.42. The van der Waals surface area contributed by atoms with Gasteiger partial charge in [-0.1, -0.05) is 29.3 Å². The van der Waals surface area contributed by atoms with Crippen LogP contribution in [0.1, 0.15) is 18.5 Å². The molecule has 1 amide bonds. The number of benzene rings is 1. The summed E-state index contributed by atoms with van der Waals surface area (Å²) in [4.78, 5) is 11.4. The smallest absolute Gasteiger partial charge is 0.362 e. The summed E-state index contributed by atoms with van der Waals surface area (Å²) in [5, 5.41) is 3.21. The molecule has 1 unspecified atom stereocenters. The van der Waals surface area contributed by atoms with Gasteiger partial charge < -0.3 is 10.1 Å². The Balaban J connectivity index is 2.47. The third kappa shape index (κ3) is 5.98. The quantitative estimate of drug-likeness (QED) is 0.893. The van der Waals surface area contributed by atoms with Crippen LogP contribution in [0, 0.1) is 0 Å². The molecule has 20 heavy (non-hydrogen) atoms. The van der Waals surface area contributed by atoms with Crippen molar-refractivity contribution in [2.45, 2.75) is 19.1 Å². The molecular formula is C12H12Cl2F3NO2. The highest BCUT2D eigenvalue weighted by atomic mass is 35.5. The molecule has 0 aliphatic rings. The van der Waals surface area contributed by atoms with Crippen LogP contribution in [0.4, 0.5) is 13.2 Å². The molecule has 0 aromatic heterocycles. The predicted molar refractivity (Wildman–Crippen MR) is 69.9 cm³/mol. The molecule has 1 N–H and O–H groups in total. The predicted octanol–water partition coefficient (Wildman–Crippen LogP) is 3.75. The molecule has 0 bridgehead atoms. The minimum absolute atomic E-state index is 0.332. The fraction of sp³-hybridized carbons (Fsp3) is 0.417. The van der Waals surface area contributed by atoms with Crippen LogP contribution in [0.3, 0.4) is 0 Å². The van der Waals surface area contributed by atoms with Gasteiger partial charge in [-0.15, -0.1) is 0 Å². The van der Waals surface area contributed by atoms with Crippen LogP contribution in [0.15, 0.2) is 18.2 Å². The summed E-state index contributed by atoms with van der Waals surface area (Å²) >= 11 is 11.6. The summed E-state index contributed by atoms with van der Waals surface area (Å²) in [6, 6.07) is 4.38. The van der Waals surface area contributed by atoms with Crippen LogP contribution in [-0.2, 0) is 9.53 Å². The Morgan fingerprint density at radius 2 is 2.00 bits per heavy atom. The zero-order valence-electron chi connectivity index (χ0n) is 10.4. The van der Waals surface area contributed by atoms with Crippen LogP contribution in [0.5, 0.6) is 0 Å². The summed E-state index contributed by atoms with van der Waals surface area (Å²) < 4.78 is 39.8. The number of carbonyl (C=O) groups is 1. The summed E-state index contributed by atoms with van der Waals surface area (Å²) in [6.45, 7) is -0.450. The van der Waals surface area contributed by atoms with Crippen molar-refractivity contribution >= 4 is 29.1 Å². The van der Waals surface area contributed by atoms with E-state index in [1.807, 2.05) is 0 Å². The number of hydrogen-bond donors (Lipinski definition) is 1. The zero-order chi connectivity index (χ0) is 15.3. The van der Waals surface area contributed by atoms with Crippen molar-refractivity contribution in [3.63, 3.8) is 0 Å². The van der Waals surface area contributed by atoms with Gasteiger partial charge in [0.05, 0.1) is 16.1 Å². The van der Waals surface area contributed by atoms with E-state index in [1.165, 1.54) is 0 Å². The Bertz CT molecular complexity index is 480. The molecule has 112 valence electrons. The molecule has 1 aromatic carbocycles. The number of alkyl halides is 3. The van der Waals surface area contributed by atoms with Crippen molar-refractivity contribution in [2.24, 2.45) is 0 Å². The Morgan fingerprint density at radius 3 is 2.55 bits per heavy atom. The van der Waals surface area contributed by atoms with Gasteiger partial charge in [0.15, 0.2) is 0 Å². The van der Waals surface area contributed by atoms with Gasteiger partial charge in [0.25, 0.3) is 0 Å². The van der Waals surface area contributed by atoms with E-state index in [2.05, 4.69) is 10.1 Å². The Morgan fingerprint density at radius 1 is 1.35 bits per heavy atom. The number of carbonyl (C=O) groups excluding carboxylic acids is 1. The molecule has 0 heterocycles. The molecule has 0 saturated carbocycles. The molecule has 0 aliphatic heterocycles. The molecule has 1 atom stereocenters. The number of ether oxygens (including phenoxy) is 1. The van der Waals surface area contributed by atoms with E-state index < -0.39 is 31.3 Å². The van der Waals surface area contributed by atoms with E-state index in [4.69, 9.17) is 23.2 Å². The van der Waals surface area contributed by atoms with E-state index >= 15 is 0 Å². The lowest BCUT2D eigenvalue weighted by atomic mass is 10.1. The highest BCUT2D eigenvalue weighted by Gasteiger charge is 2.27. The lowest BCUT2D eigenvalue weighted by Crippen LogP contribution is -2.31. The minimum atomic E-state index is -4.45. The maximum atomic E-state index is 11.8. The van der Waals surface area contributed by atoms with Crippen molar-refractivity contribution in [2.75, 3.05) is 13.2 Å². The van der Waals surface area contributed by atoms with Gasteiger partial charge in [-0.2, -0.15) is 13.2 Å². The molecule has 1 aromatic rings. The third-order valence-corrected chi connectivity index (χ3v) is 3.06. The highest BCUT2D eigenvalue weighted by Crippen LogP contribution is 2.25. The normalized spacial score (nSPS) is 13.1. The molecule has 8 heteroatoms. The average molecular weight is 330 g/mol. The number of rotatable bonds is 5. The molecule has 0 saturated heterocycles. The van der Waals surface area contributed by atoms with E-state index in [0.29, 0.717) is 15.6 Å². The summed E-state index contributed by atoms with van der Waals surface area (Å²) in [5.41, 5.74) is 0.684. The monoisotopic (exact) mass is 329 g/mol. The summed E-state index contributed by atoms with van der Waals surface area (Å²) in [6.07, 6.45) is -4.45. The first-order valence-electron chi connectivity index (χ1n) is 5.58. The lowest BCUT2D eigenvalue weighted by molar-refractivity contribution is -0.175. The van der Waals surface area contributed by atoms with Crippen molar-refractivity contribution in [1.29, 1.82) is 0 Å². The number of hydrogen-bond acceptors (Lipinski definition) is 2. The van der Waals surface area contributed by atoms with Gasteiger partial charge in [0.2, 0.25) is 5.91 Å². The van der Waals surface area contributed by atoms with E-state index in [9.17, 15) is 18.0 Å². The second kappa shape index (κ2) is 7.15. The lowest BCUT2D eigenvalue weighted by Gasteiger charge is -2.15. The number of halogens is 5. The van der Waals surface area contributed by atoms with Crippen molar-refractivity contribution in [3.05, 3.63) is 33.8 Å². The minimum Gasteiger partial charge on any atom is -0.362 e. The van der Waals surface area contributed by atoms with Gasteiger partial charge in [0, 0.05) is 0 Å². The molecule has 3 nitrogen and oxygen atoms in total. The Hall–Kier alpha value is -0.980. The fourth-order valence-electron chi connectivity index (χ4n) is 1.41. The van der Waals surface area contributed by atoms with E-state index in [-0.39, 0.29) is 0 Å². The summed E-state index contributed by atoms with van der Waals surface area (Å²) in [5.74, 6) is -0.646. The molecular weight excluding hydrogens is 318 g/mol. The fourth-order valence-corrected chi connectivity index (χ4v) is 1.71. The molecule has 0 aliphatic carbocycles. The van der Waals surface area contributed by atoms with Gasteiger partial charge in [0.1, 0.15) is 13.2 Å². The van der Waals surface area contributed by atoms with Gasteiger partial charge in [-0.25, -0.2) is 0 Å². The Labute approximate surface area is 124 Å². The second-order valence-corrected chi connectivity index (χ2v) is 4.89. The van der Waals surface area contributed by atoms with Crippen LogP contribution in [-0.4, -0.2) is 25.3 Å². The van der Waals surface area contributed by atoms with Gasteiger partial charge >= 0.3 is 6.18 Å². The summed E-state index contributed by atoms with van der Waals surface area (Å²) in [7, 11) is 0. The standard InChI is InChI=1S/C12H12Cl2F3NO2/c1-7(8-2-3-9(13)10(14)4-8)18-11(19)5-20-6-12(15,16)17/h2-4,7H,5-6H2,1H3,(H,18,19). The first kappa shape index (κ1) is 17.1.